The van der Waals surface area contributed by atoms with Crippen molar-refractivity contribution >= 4 is 11.6 Å². The lowest BCUT2D eigenvalue weighted by atomic mass is 10.0. The second-order valence-electron chi connectivity index (χ2n) is 6.18. The largest absolute Gasteiger partial charge is 0.416 e. The molecule has 0 saturated carbocycles. The van der Waals surface area contributed by atoms with Gasteiger partial charge in [-0.25, -0.2) is 4.98 Å². The van der Waals surface area contributed by atoms with E-state index in [2.05, 4.69) is 10.3 Å². The van der Waals surface area contributed by atoms with Gasteiger partial charge in [-0.2, -0.15) is 26.3 Å². The highest BCUT2D eigenvalue weighted by molar-refractivity contribution is 5.94. The molecule has 1 aromatic carbocycles. The highest BCUT2D eigenvalue weighted by Gasteiger charge is 2.37. The van der Waals surface area contributed by atoms with Gasteiger partial charge in [0.1, 0.15) is 5.65 Å². The fourth-order valence-corrected chi connectivity index (χ4v) is 2.58. The van der Waals surface area contributed by atoms with Crippen molar-refractivity contribution in [1.29, 1.82) is 0 Å². The van der Waals surface area contributed by atoms with E-state index in [1.165, 1.54) is 0 Å². The van der Waals surface area contributed by atoms with E-state index in [1.54, 1.807) is 22.9 Å². The van der Waals surface area contributed by atoms with Crippen LogP contribution >= 0.6 is 0 Å². The van der Waals surface area contributed by atoms with Crippen LogP contribution in [0.1, 0.15) is 32.7 Å². The number of fused-ring (bicyclic) bond motifs is 1. The molecule has 0 aliphatic rings. The van der Waals surface area contributed by atoms with Crippen molar-refractivity contribution in [3.05, 3.63) is 70.7 Å². The van der Waals surface area contributed by atoms with Gasteiger partial charge in [-0.05, 0) is 42.8 Å². The number of aromatic nitrogens is 2. The van der Waals surface area contributed by atoms with Crippen LogP contribution in [-0.4, -0.2) is 15.3 Å². The molecule has 0 aliphatic carbocycles. The Balaban J connectivity index is 1.84. The normalized spacial score (nSPS) is 12.4. The van der Waals surface area contributed by atoms with Crippen LogP contribution in [0.5, 0.6) is 0 Å². The van der Waals surface area contributed by atoms with Crippen LogP contribution in [0.25, 0.3) is 5.65 Å². The molecule has 0 atom stereocenters. The Morgan fingerprint density at radius 3 is 2.21 bits per heavy atom. The van der Waals surface area contributed by atoms with E-state index in [4.69, 9.17) is 0 Å². The lowest BCUT2D eigenvalue weighted by Gasteiger charge is -2.14. The fraction of sp³-hybridized carbons (Fsp3) is 0.222. The van der Waals surface area contributed by atoms with Crippen LogP contribution in [-0.2, 0) is 18.9 Å². The topological polar surface area (TPSA) is 46.4 Å². The van der Waals surface area contributed by atoms with Gasteiger partial charge in [-0.1, -0.05) is 0 Å². The van der Waals surface area contributed by atoms with Crippen molar-refractivity contribution in [2.24, 2.45) is 0 Å². The molecule has 1 N–H and O–H groups in total. The molecule has 4 nitrogen and oxygen atoms in total. The van der Waals surface area contributed by atoms with E-state index in [-0.39, 0.29) is 12.6 Å². The molecular weight excluding hydrogens is 388 g/mol. The quantitative estimate of drug-likeness (QED) is 0.652. The Kier molecular flexibility index (Phi) is 4.82. The number of hydrogen-bond acceptors (Lipinski definition) is 2. The Morgan fingerprint density at radius 2 is 1.64 bits per heavy atom. The Bertz CT molecular complexity index is 1000. The summed E-state index contributed by atoms with van der Waals surface area (Å²) in [5.74, 6) is -1.06. The van der Waals surface area contributed by atoms with Crippen LogP contribution in [0.2, 0.25) is 0 Å². The van der Waals surface area contributed by atoms with Crippen LogP contribution in [0.3, 0.4) is 0 Å². The Hall–Kier alpha value is -3.04. The maximum absolute atomic E-state index is 12.9. The first-order valence-corrected chi connectivity index (χ1v) is 7.95. The molecule has 2 aromatic heterocycles. The lowest BCUT2D eigenvalue weighted by molar-refractivity contribution is -0.143. The molecule has 0 radical (unpaired) electrons. The lowest BCUT2D eigenvalue weighted by Crippen LogP contribution is -2.24. The summed E-state index contributed by atoms with van der Waals surface area (Å²) in [7, 11) is 0. The number of carbonyl (C=O) groups is 1. The molecule has 2 heterocycles. The summed E-state index contributed by atoms with van der Waals surface area (Å²) in [6, 6.07) is 4.36. The molecule has 28 heavy (non-hydrogen) atoms. The van der Waals surface area contributed by atoms with Gasteiger partial charge in [-0.15, -0.1) is 0 Å². The van der Waals surface area contributed by atoms with Gasteiger partial charge in [0.2, 0.25) is 0 Å². The second kappa shape index (κ2) is 6.84. The zero-order chi connectivity index (χ0) is 20.7. The summed E-state index contributed by atoms with van der Waals surface area (Å²) in [5.41, 5.74) is -1.87. The van der Waals surface area contributed by atoms with Crippen LogP contribution in [0, 0.1) is 6.92 Å². The van der Waals surface area contributed by atoms with Gasteiger partial charge in [0.15, 0.2) is 0 Å². The van der Waals surface area contributed by atoms with E-state index in [0.29, 0.717) is 23.5 Å². The number of benzene rings is 1. The number of halogens is 6. The number of hydrogen-bond donors (Lipinski definition) is 1. The van der Waals surface area contributed by atoms with Crippen molar-refractivity contribution < 1.29 is 31.1 Å². The first kappa shape index (κ1) is 19.7. The SMILES string of the molecule is Cc1ccn2cc(CNC(=O)c3cc(C(F)(F)F)cc(C(F)(F)F)c3)nc2c1. The highest BCUT2D eigenvalue weighted by atomic mass is 19.4. The van der Waals surface area contributed by atoms with Crippen LogP contribution < -0.4 is 5.32 Å². The average Bonchev–Trinajstić information content (AvgIpc) is 2.99. The number of imidazole rings is 1. The number of rotatable bonds is 3. The zero-order valence-electron chi connectivity index (χ0n) is 14.3. The van der Waals surface area contributed by atoms with E-state index in [0.717, 1.165) is 5.56 Å². The number of aryl methyl sites for hydroxylation is 1. The molecule has 0 bridgehead atoms. The minimum atomic E-state index is -5.02. The summed E-state index contributed by atoms with van der Waals surface area (Å²) in [6.07, 6.45) is -6.70. The van der Waals surface area contributed by atoms with Crippen LogP contribution in [0.15, 0.2) is 42.7 Å². The minimum absolute atomic E-state index is 0.0266. The summed E-state index contributed by atoms with van der Waals surface area (Å²) in [6.45, 7) is 1.71. The summed E-state index contributed by atoms with van der Waals surface area (Å²) < 4.78 is 79.0. The monoisotopic (exact) mass is 401 g/mol. The smallest absolute Gasteiger partial charge is 0.346 e. The molecule has 0 unspecified atom stereocenters. The molecule has 3 rings (SSSR count). The molecule has 0 fully saturated rings. The van der Waals surface area contributed by atoms with E-state index in [1.807, 2.05) is 13.0 Å². The predicted molar refractivity (Wildman–Crippen MR) is 87.5 cm³/mol. The standard InChI is InChI=1S/C18H13F6N3O/c1-10-2-3-27-9-14(26-15(27)4-10)8-25-16(28)11-5-12(17(19,20)21)7-13(6-11)18(22,23)24/h2-7,9H,8H2,1H3,(H,25,28). The van der Waals surface area contributed by atoms with Crippen molar-refractivity contribution in [3.8, 4) is 0 Å². The number of nitrogens with one attached hydrogen (secondary N) is 1. The maximum atomic E-state index is 12.9. The van der Waals surface area contributed by atoms with E-state index >= 15 is 0 Å². The summed E-state index contributed by atoms with van der Waals surface area (Å²) in [4.78, 5) is 16.4. The molecular formula is C18H13F6N3O. The third-order valence-corrected chi connectivity index (χ3v) is 3.95. The third-order valence-electron chi connectivity index (χ3n) is 3.95. The van der Waals surface area contributed by atoms with Crippen molar-refractivity contribution in [3.63, 3.8) is 0 Å². The molecule has 0 saturated heterocycles. The Labute approximate surface area is 154 Å². The van der Waals surface area contributed by atoms with Crippen molar-refractivity contribution in [2.45, 2.75) is 25.8 Å². The number of amides is 1. The zero-order valence-corrected chi connectivity index (χ0v) is 14.3. The molecule has 0 aliphatic heterocycles. The van der Waals surface area contributed by atoms with Crippen LogP contribution in [0.4, 0.5) is 26.3 Å². The predicted octanol–water partition coefficient (Wildman–Crippen LogP) is 4.61. The average molecular weight is 401 g/mol. The third kappa shape index (κ3) is 4.26. The van der Waals surface area contributed by atoms with E-state index < -0.39 is 35.0 Å². The van der Waals surface area contributed by atoms with E-state index in [9.17, 15) is 31.1 Å². The maximum Gasteiger partial charge on any atom is 0.416 e. The van der Waals surface area contributed by atoms with Gasteiger partial charge in [0, 0.05) is 18.0 Å². The van der Waals surface area contributed by atoms with Gasteiger partial charge in [0.05, 0.1) is 23.4 Å². The van der Waals surface area contributed by atoms with Crippen molar-refractivity contribution in [2.75, 3.05) is 0 Å². The highest BCUT2D eigenvalue weighted by Crippen LogP contribution is 2.36. The first-order valence-electron chi connectivity index (χ1n) is 7.95. The number of carbonyl (C=O) groups excluding carboxylic acids is 1. The molecule has 0 spiro atoms. The van der Waals surface area contributed by atoms with Gasteiger partial charge >= 0.3 is 12.4 Å². The van der Waals surface area contributed by atoms with Gasteiger partial charge in [-0.3, -0.25) is 4.79 Å². The molecule has 3 aromatic rings. The molecule has 1 amide bonds. The number of pyridine rings is 1. The summed E-state index contributed by atoms with van der Waals surface area (Å²) in [5, 5.41) is 2.30. The van der Waals surface area contributed by atoms with Gasteiger partial charge in [0.25, 0.3) is 5.91 Å². The fourth-order valence-electron chi connectivity index (χ4n) is 2.58. The summed E-state index contributed by atoms with van der Waals surface area (Å²) >= 11 is 0. The molecule has 10 heteroatoms. The number of alkyl halides is 6. The second-order valence-corrected chi connectivity index (χ2v) is 6.18. The molecule has 148 valence electrons. The Morgan fingerprint density at radius 1 is 1.04 bits per heavy atom. The number of nitrogens with zero attached hydrogens (tertiary/aromatic N) is 2. The van der Waals surface area contributed by atoms with Gasteiger partial charge < -0.3 is 9.72 Å². The minimum Gasteiger partial charge on any atom is -0.346 e. The first-order chi connectivity index (χ1) is 12.9. The van der Waals surface area contributed by atoms with Crippen molar-refractivity contribution in [1.82, 2.24) is 14.7 Å².